The van der Waals surface area contributed by atoms with Gasteiger partial charge in [0.25, 0.3) is 5.91 Å². The summed E-state index contributed by atoms with van der Waals surface area (Å²) < 4.78 is 0. The number of aliphatic hydroxyl groups is 1. The van der Waals surface area contributed by atoms with Crippen molar-refractivity contribution in [3.63, 3.8) is 0 Å². The Morgan fingerprint density at radius 1 is 1.08 bits per heavy atom. The molecule has 0 unspecified atom stereocenters. The predicted octanol–water partition coefficient (Wildman–Crippen LogP) is 3.33. The molecule has 5 nitrogen and oxygen atoms in total. The minimum absolute atomic E-state index is 0.0331. The number of aliphatic hydroxyl groups excluding tert-OH is 1. The Labute approximate surface area is 152 Å². The Kier molecular flexibility index (Phi) is 4.54. The third-order valence-electron chi connectivity index (χ3n) is 4.84. The lowest BCUT2D eigenvalue weighted by atomic mass is 10.1. The van der Waals surface area contributed by atoms with Gasteiger partial charge in [0, 0.05) is 24.0 Å². The summed E-state index contributed by atoms with van der Waals surface area (Å²) in [5, 5.41) is 18.0. The van der Waals surface area contributed by atoms with Gasteiger partial charge in [0.2, 0.25) is 0 Å². The molecule has 1 aromatic heterocycles. The van der Waals surface area contributed by atoms with Crippen LogP contribution in [0.1, 0.15) is 34.5 Å². The first kappa shape index (κ1) is 16.5. The minimum atomic E-state index is -0.273. The van der Waals surface area contributed by atoms with Crippen LogP contribution in [0.4, 0.5) is 0 Å². The molecule has 0 radical (unpaired) electrons. The second kappa shape index (κ2) is 7.14. The second-order valence-corrected chi connectivity index (χ2v) is 6.63. The highest BCUT2D eigenvalue weighted by molar-refractivity contribution is 5.95. The van der Waals surface area contributed by atoms with Crippen LogP contribution in [0, 0.1) is 0 Å². The van der Waals surface area contributed by atoms with Gasteiger partial charge in [0.15, 0.2) is 0 Å². The van der Waals surface area contributed by atoms with Crippen LogP contribution in [0.3, 0.4) is 0 Å². The van der Waals surface area contributed by atoms with E-state index in [4.69, 9.17) is 0 Å². The number of piperidine rings is 1. The minimum Gasteiger partial charge on any atom is -0.393 e. The second-order valence-electron chi connectivity index (χ2n) is 6.63. The Balaban J connectivity index is 1.46. The van der Waals surface area contributed by atoms with Crippen LogP contribution in [-0.2, 0) is 0 Å². The summed E-state index contributed by atoms with van der Waals surface area (Å²) in [5.41, 5.74) is 3.61. The molecule has 1 saturated heterocycles. The Morgan fingerprint density at radius 3 is 2.58 bits per heavy atom. The molecule has 1 fully saturated rings. The van der Waals surface area contributed by atoms with E-state index in [1.54, 1.807) is 0 Å². The highest BCUT2D eigenvalue weighted by Crippen LogP contribution is 2.18. The fourth-order valence-corrected chi connectivity index (χ4v) is 3.28. The molecule has 0 saturated carbocycles. The maximum absolute atomic E-state index is 12.5. The summed E-state index contributed by atoms with van der Waals surface area (Å²) in [5.74, 6) is 0.0331. The number of fused-ring (bicyclic) bond motifs is 1. The number of nitrogens with one attached hydrogen (secondary N) is 1. The number of aromatic nitrogens is 2. The summed E-state index contributed by atoms with van der Waals surface area (Å²) in [4.78, 5) is 14.3. The Morgan fingerprint density at radius 2 is 1.81 bits per heavy atom. The van der Waals surface area contributed by atoms with E-state index in [1.165, 1.54) is 0 Å². The van der Waals surface area contributed by atoms with E-state index in [-0.39, 0.29) is 12.0 Å². The smallest absolute Gasteiger partial charge is 0.253 e. The molecule has 132 valence electrons. The average molecular weight is 347 g/mol. The predicted molar refractivity (Wildman–Crippen MR) is 103 cm³/mol. The van der Waals surface area contributed by atoms with Gasteiger partial charge in [-0.1, -0.05) is 36.4 Å². The summed E-state index contributed by atoms with van der Waals surface area (Å²) in [7, 11) is 0. The SMILES string of the molecule is O=C(c1ccc(C=Cc2n[nH]c3ccccc23)cc1)N1CCC(O)CC1. The number of likely N-dealkylation sites (tertiary alicyclic amines) is 1. The quantitative estimate of drug-likeness (QED) is 0.763. The molecule has 0 atom stereocenters. The zero-order valence-electron chi connectivity index (χ0n) is 14.4. The first-order valence-corrected chi connectivity index (χ1v) is 8.89. The number of carbonyl (C=O) groups excluding carboxylic acids is 1. The summed E-state index contributed by atoms with van der Waals surface area (Å²) in [6, 6.07) is 15.6. The number of carbonyl (C=O) groups is 1. The van der Waals surface area contributed by atoms with Gasteiger partial charge in [-0.15, -0.1) is 0 Å². The van der Waals surface area contributed by atoms with E-state index < -0.39 is 0 Å². The van der Waals surface area contributed by atoms with Crippen LogP contribution in [0.5, 0.6) is 0 Å². The van der Waals surface area contributed by atoms with Gasteiger partial charge < -0.3 is 10.0 Å². The lowest BCUT2D eigenvalue weighted by Crippen LogP contribution is -2.40. The van der Waals surface area contributed by atoms with Crippen molar-refractivity contribution in [1.29, 1.82) is 0 Å². The van der Waals surface area contributed by atoms with Crippen molar-refractivity contribution in [2.45, 2.75) is 18.9 Å². The highest BCUT2D eigenvalue weighted by Gasteiger charge is 2.22. The fraction of sp³-hybridized carbons (Fsp3) is 0.238. The molecule has 26 heavy (non-hydrogen) atoms. The maximum Gasteiger partial charge on any atom is 0.253 e. The highest BCUT2D eigenvalue weighted by atomic mass is 16.3. The molecule has 1 amide bonds. The van der Waals surface area contributed by atoms with Crippen LogP contribution in [0.25, 0.3) is 23.1 Å². The van der Waals surface area contributed by atoms with Crippen LogP contribution < -0.4 is 0 Å². The van der Waals surface area contributed by atoms with Crippen molar-refractivity contribution < 1.29 is 9.90 Å². The summed E-state index contributed by atoms with van der Waals surface area (Å²) in [6.07, 6.45) is 5.01. The van der Waals surface area contributed by atoms with Gasteiger partial charge in [0.1, 0.15) is 0 Å². The number of rotatable bonds is 3. The molecule has 2 aromatic carbocycles. The zero-order valence-corrected chi connectivity index (χ0v) is 14.4. The summed E-state index contributed by atoms with van der Waals surface area (Å²) >= 11 is 0. The van der Waals surface area contributed by atoms with E-state index in [1.807, 2.05) is 65.6 Å². The standard InChI is InChI=1S/C21H21N3O2/c25-17-11-13-24(14-12-17)21(26)16-8-5-15(6-9-16)7-10-20-18-3-1-2-4-19(18)22-23-20/h1-10,17,25H,11-14H2,(H,22,23). The Bertz CT molecular complexity index is 935. The molecule has 0 bridgehead atoms. The van der Waals surface area contributed by atoms with Gasteiger partial charge >= 0.3 is 0 Å². The van der Waals surface area contributed by atoms with Gasteiger partial charge in [-0.05, 0) is 42.7 Å². The molecule has 1 aliphatic rings. The number of nitrogens with zero attached hydrogens (tertiary/aromatic N) is 2. The number of para-hydroxylation sites is 1. The fourth-order valence-electron chi connectivity index (χ4n) is 3.28. The molecule has 0 spiro atoms. The molecule has 0 aliphatic carbocycles. The van der Waals surface area contributed by atoms with E-state index in [0.717, 1.165) is 22.2 Å². The van der Waals surface area contributed by atoms with Crippen LogP contribution in [-0.4, -0.2) is 45.3 Å². The van der Waals surface area contributed by atoms with E-state index in [2.05, 4.69) is 10.2 Å². The van der Waals surface area contributed by atoms with Gasteiger partial charge in [-0.2, -0.15) is 5.10 Å². The van der Waals surface area contributed by atoms with Crippen molar-refractivity contribution >= 4 is 29.0 Å². The number of amides is 1. The van der Waals surface area contributed by atoms with Crippen LogP contribution in [0.15, 0.2) is 48.5 Å². The summed E-state index contributed by atoms with van der Waals surface area (Å²) in [6.45, 7) is 1.24. The third-order valence-corrected chi connectivity index (χ3v) is 4.84. The number of hydrogen-bond acceptors (Lipinski definition) is 3. The number of hydrogen-bond donors (Lipinski definition) is 2. The molecular formula is C21H21N3O2. The van der Waals surface area contributed by atoms with Crippen LogP contribution >= 0.6 is 0 Å². The van der Waals surface area contributed by atoms with E-state index in [9.17, 15) is 9.90 Å². The van der Waals surface area contributed by atoms with Crippen molar-refractivity contribution in [1.82, 2.24) is 15.1 Å². The topological polar surface area (TPSA) is 69.2 Å². The van der Waals surface area contributed by atoms with Crippen molar-refractivity contribution in [3.8, 4) is 0 Å². The monoisotopic (exact) mass is 347 g/mol. The lowest BCUT2D eigenvalue weighted by Gasteiger charge is -2.29. The molecule has 1 aliphatic heterocycles. The van der Waals surface area contributed by atoms with E-state index in [0.29, 0.717) is 31.5 Å². The first-order chi connectivity index (χ1) is 12.7. The Hall–Kier alpha value is -2.92. The normalized spacial score (nSPS) is 15.8. The van der Waals surface area contributed by atoms with Crippen molar-refractivity contribution in [2.75, 3.05) is 13.1 Å². The number of H-pyrrole nitrogens is 1. The molecule has 2 N–H and O–H groups in total. The molecule has 4 rings (SSSR count). The van der Waals surface area contributed by atoms with Gasteiger partial charge in [-0.25, -0.2) is 0 Å². The van der Waals surface area contributed by atoms with Crippen molar-refractivity contribution in [2.24, 2.45) is 0 Å². The van der Waals surface area contributed by atoms with E-state index >= 15 is 0 Å². The number of benzene rings is 2. The van der Waals surface area contributed by atoms with Gasteiger partial charge in [0.05, 0.1) is 17.3 Å². The van der Waals surface area contributed by atoms with Gasteiger partial charge in [-0.3, -0.25) is 9.89 Å². The molecule has 3 aromatic rings. The maximum atomic E-state index is 12.5. The van der Waals surface area contributed by atoms with Crippen LogP contribution in [0.2, 0.25) is 0 Å². The lowest BCUT2D eigenvalue weighted by molar-refractivity contribution is 0.0546. The average Bonchev–Trinajstić information content (AvgIpc) is 3.10. The third kappa shape index (κ3) is 3.39. The number of aromatic amines is 1. The van der Waals surface area contributed by atoms with Crippen molar-refractivity contribution in [3.05, 3.63) is 65.4 Å². The first-order valence-electron chi connectivity index (χ1n) is 8.89. The molecule has 5 heteroatoms. The zero-order chi connectivity index (χ0) is 17.9. The largest absolute Gasteiger partial charge is 0.393 e. The molecular weight excluding hydrogens is 326 g/mol. The molecule has 2 heterocycles.